The summed E-state index contributed by atoms with van der Waals surface area (Å²) in [6, 6.07) is 0.842. The predicted molar refractivity (Wildman–Crippen MR) is 60.5 cm³/mol. The molecule has 82 valence electrons. The van der Waals surface area contributed by atoms with Gasteiger partial charge >= 0.3 is 0 Å². The lowest BCUT2D eigenvalue weighted by Crippen LogP contribution is -2.54. The first kappa shape index (κ1) is 10.4. The Morgan fingerprint density at radius 2 is 2.00 bits per heavy atom. The van der Waals surface area contributed by atoms with Crippen molar-refractivity contribution in [1.82, 2.24) is 10.2 Å². The molecule has 1 saturated carbocycles. The first-order valence-corrected chi connectivity index (χ1v) is 6.36. The molecule has 1 aliphatic heterocycles. The minimum Gasteiger partial charge on any atom is -0.314 e. The van der Waals surface area contributed by atoms with E-state index in [4.69, 9.17) is 0 Å². The zero-order valence-electron chi connectivity index (χ0n) is 9.47. The summed E-state index contributed by atoms with van der Waals surface area (Å²) in [5, 5.41) is 3.55. The molecule has 2 fully saturated rings. The van der Waals surface area contributed by atoms with Crippen molar-refractivity contribution in [2.24, 2.45) is 5.92 Å². The second-order valence-electron chi connectivity index (χ2n) is 4.80. The Hall–Kier alpha value is -0.0800. The smallest absolute Gasteiger partial charge is 0.0249 e. The second kappa shape index (κ2) is 5.13. The number of hydrogen-bond donors (Lipinski definition) is 1. The Labute approximate surface area is 88.1 Å². The second-order valence-corrected chi connectivity index (χ2v) is 4.80. The van der Waals surface area contributed by atoms with Crippen molar-refractivity contribution in [3.63, 3.8) is 0 Å². The number of rotatable bonds is 2. The van der Waals surface area contributed by atoms with Crippen molar-refractivity contribution in [2.45, 2.75) is 45.1 Å². The third-order valence-electron chi connectivity index (χ3n) is 4.00. The van der Waals surface area contributed by atoms with Gasteiger partial charge in [0.2, 0.25) is 0 Å². The van der Waals surface area contributed by atoms with Crippen molar-refractivity contribution < 1.29 is 0 Å². The summed E-state index contributed by atoms with van der Waals surface area (Å²) in [5.41, 5.74) is 0. The molecule has 0 aromatic rings. The van der Waals surface area contributed by atoms with Crippen molar-refractivity contribution in [3.8, 4) is 0 Å². The molecule has 0 amide bonds. The van der Waals surface area contributed by atoms with E-state index < -0.39 is 0 Å². The van der Waals surface area contributed by atoms with Gasteiger partial charge in [-0.15, -0.1) is 0 Å². The van der Waals surface area contributed by atoms with Crippen LogP contribution in [0.5, 0.6) is 0 Å². The maximum atomic E-state index is 3.55. The first-order valence-electron chi connectivity index (χ1n) is 6.36. The average molecular weight is 196 g/mol. The standard InChI is InChI=1S/C12H24N2/c1-2-14-9-8-13-10-12(14)11-6-4-3-5-7-11/h11-13H,2-10H2,1H3. The predicted octanol–water partition coefficient (Wildman–Crippen LogP) is 1.86. The van der Waals surface area contributed by atoms with Crippen LogP contribution < -0.4 is 5.32 Å². The van der Waals surface area contributed by atoms with Gasteiger partial charge in [0.05, 0.1) is 0 Å². The molecule has 1 saturated heterocycles. The van der Waals surface area contributed by atoms with Crippen molar-refractivity contribution in [3.05, 3.63) is 0 Å². The summed E-state index contributed by atoms with van der Waals surface area (Å²) in [7, 11) is 0. The lowest BCUT2D eigenvalue weighted by Gasteiger charge is -2.41. The summed E-state index contributed by atoms with van der Waals surface area (Å²) in [6.45, 7) is 7.23. The summed E-state index contributed by atoms with van der Waals surface area (Å²) < 4.78 is 0. The van der Waals surface area contributed by atoms with Crippen LogP contribution in [-0.2, 0) is 0 Å². The van der Waals surface area contributed by atoms with Gasteiger partial charge in [0, 0.05) is 25.7 Å². The lowest BCUT2D eigenvalue weighted by atomic mass is 9.82. The van der Waals surface area contributed by atoms with E-state index in [1.165, 1.54) is 58.3 Å². The summed E-state index contributed by atoms with van der Waals surface area (Å²) in [4.78, 5) is 2.69. The molecule has 2 aliphatic rings. The van der Waals surface area contributed by atoms with Gasteiger partial charge in [0.25, 0.3) is 0 Å². The quantitative estimate of drug-likeness (QED) is 0.725. The molecular weight excluding hydrogens is 172 g/mol. The molecular formula is C12H24N2. The highest BCUT2D eigenvalue weighted by molar-refractivity contribution is 4.86. The van der Waals surface area contributed by atoms with Crippen LogP contribution in [-0.4, -0.2) is 37.1 Å². The number of nitrogens with zero attached hydrogens (tertiary/aromatic N) is 1. The van der Waals surface area contributed by atoms with Crippen LogP contribution in [0.25, 0.3) is 0 Å². The Bertz CT molecular complexity index is 164. The Morgan fingerprint density at radius 3 is 2.71 bits per heavy atom. The van der Waals surface area contributed by atoms with Crippen LogP contribution in [0.3, 0.4) is 0 Å². The van der Waals surface area contributed by atoms with E-state index in [1.807, 2.05) is 0 Å². The number of likely N-dealkylation sites (N-methyl/N-ethyl adjacent to an activating group) is 1. The zero-order valence-corrected chi connectivity index (χ0v) is 9.47. The van der Waals surface area contributed by atoms with Gasteiger partial charge in [0.15, 0.2) is 0 Å². The van der Waals surface area contributed by atoms with E-state index in [2.05, 4.69) is 17.1 Å². The Balaban J connectivity index is 1.91. The van der Waals surface area contributed by atoms with Gasteiger partial charge < -0.3 is 5.32 Å². The molecule has 2 rings (SSSR count). The molecule has 2 nitrogen and oxygen atoms in total. The molecule has 0 bridgehead atoms. The largest absolute Gasteiger partial charge is 0.314 e. The van der Waals surface area contributed by atoms with Gasteiger partial charge in [-0.2, -0.15) is 0 Å². The lowest BCUT2D eigenvalue weighted by molar-refractivity contribution is 0.0979. The molecule has 0 aromatic heterocycles. The van der Waals surface area contributed by atoms with Crippen LogP contribution in [0.15, 0.2) is 0 Å². The molecule has 1 N–H and O–H groups in total. The molecule has 1 aliphatic carbocycles. The van der Waals surface area contributed by atoms with Gasteiger partial charge in [-0.25, -0.2) is 0 Å². The number of piperazine rings is 1. The van der Waals surface area contributed by atoms with E-state index in [-0.39, 0.29) is 0 Å². The van der Waals surface area contributed by atoms with Crippen molar-refractivity contribution in [1.29, 1.82) is 0 Å². The topological polar surface area (TPSA) is 15.3 Å². The number of nitrogens with one attached hydrogen (secondary N) is 1. The average Bonchev–Trinajstić information content (AvgIpc) is 2.30. The maximum absolute atomic E-state index is 3.55. The fourth-order valence-corrected chi connectivity index (χ4v) is 3.14. The third-order valence-corrected chi connectivity index (χ3v) is 4.00. The fraction of sp³-hybridized carbons (Fsp3) is 1.00. The van der Waals surface area contributed by atoms with Crippen LogP contribution >= 0.6 is 0 Å². The molecule has 1 heterocycles. The minimum atomic E-state index is 0.842. The highest BCUT2D eigenvalue weighted by atomic mass is 15.2. The summed E-state index contributed by atoms with van der Waals surface area (Å²) in [5.74, 6) is 0.983. The van der Waals surface area contributed by atoms with Crippen LogP contribution in [0, 0.1) is 5.92 Å². The van der Waals surface area contributed by atoms with Crippen LogP contribution in [0.2, 0.25) is 0 Å². The van der Waals surface area contributed by atoms with E-state index in [0.29, 0.717) is 0 Å². The highest BCUT2D eigenvalue weighted by Gasteiger charge is 2.29. The molecule has 0 radical (unpaired) electrons. The first-order chi connectivity index (χ1) is 6.92. The van der Waals surface area contributed by atoms with Gasteiger partial charge in [-0.05, 0) is 25.3 Å². The summed E-state index contributed by atoms with van der Waals surface area (Å²) in [6.07, 6.45) is 7.37. The molecule has 0 aromatic carbocycles. The van der Waals surface area contributed by atoms with Gasteiger partial charge in [-0.3, -0.25) is 4.90 Å². The molecule has 1 atom stereocenters. The normalized spacial score (nSPS) is 31.9. The van der Waals surface area contributed by atoms with Gasteiger partial charge in [-0.1, -0.05) is 26.2 Å². The van der Waals surface area contributed by atoms with Gasteiger partial charge in [0.1, 0.15) is 0 Å². The van der Waals surface area contributed by atoms with Crippen molar-refractivity contribution in [2.75, 3.05) is 26.2 Å². The van der Waals surface area contributed by atoms with E-state index in [1.54, 1.807) is 0 Å². The molecule has 14 heavy (non-hydrogen) atoms. The van der Waals surface area contributed by atoms with Crippen LogP contribution in [0.4, 0.5) is 0 Å². The van der Waals surface area contributed by atoms with E-state index in [0.717, 1.165) is 12.0 Å². The zero-order chi connectivity index (χ0) is 9.80. The molecule has 2 heteroatoms. The fourth-order valence-electron chi connectivity index (χ4n) is 3.14. The van der Waals surface area contributed by atoms with Crippen molar-refractivity contribution >= 4 is 0 Å². The maximum Gasteiger partial charge on any atom is 0.0249 e. The Morgan fingerprint density at radius 1 is 1.21 bits per heavy atom. The SMILES string of the molecule is CCN1CCNCC1C1CCCCC1. The van der Waals surface area contributed by atoms with E-state index in [9.17, 15) is 0 Å². The monoisotopic (exact) mass is 196 g/mol. The minimum absolute atomic E-state index is 0.842. The Kier molecular flexibility index (Phi) is 3.82. The number of hydrogen-bond acceptors (Lipinski definition) is 2. The molecule has 1 unspecified atom stereocenters. The summed E-state index contributed by atoms with van der Waals surface area (Å²) >= 11 is 0. The van der Waals surface area contributed by atoms with Crippen LogP contribution in [0.1, 0.15) is 39.0 Å². The molecule has 0 spiro atoms. The van der Waals surface area contributed by atoms with E-state index >= 15 is 0 Å². The highest BCUT2D eigenvalue weighted by Crippen LogP contribution is 2.29. The third kappa shape index (κ3) is 2.29.